The maximum Gasteiger partial charge on any atom is 0.225 e. The van der Waals surface area contributed by atoms with Crippen LogP contribution in [-0.4, -0.2) is 74.3 Å². The van der Waals surface area contributed by atoms with Crippen molar-refractivity contribution in [2.75, 3.05) is 46.8 Å². The Morgan fingerprint density at radius 3 is 2.57 bits per heavy atom. The van der Waals surface area contributed by atoms with Crippen molar-refractivity contribution in [1.82, 2.24) is 20.4 Å². The first kappa shape index (κ1) is 17.4. The second-order valence-corrected chi connectivity index (χ2v) is 5.67. The van der Waals surface area contributed by atoms with Gasteiger partial charge >= 0.3 is 0 Å². The largest absolute Gasteiger partial charge is 0.355 e. The minimum atomic E-state index is -0.269. The molecule has 1 saturated heterocycles. The van der Waals surface area contributed by atoms with Gasteiger partial charge in [0, 0.05) is 39.5 Å². The van der Waals surface area contributed by atoms with Gasteiger partial charge in [0.25, 0.3) is 0 Å². The summed E-state index contributed by atoms with van der Waals surface area (Å²) in [4.78, 5) is 38.4. The highest BCUT2D eigenvalue weighted by Gasteiger charge is 2.33. The zero-order valence-corrected chi connectivity index (χ0v) is 13.1. The van der Waals surface area contributed by atoms with Gasteiger partial charge in [0.1, 0.15) is 0 Å². The monoisotopic (exact) mass is 298 g/mol. The standard InChI is InChI=1S/C14H26N4O3/c1-11(19)15-5-6-16-14(21)12-9-13(20)18(10-12)8-4-7-17(2)3/h12H,4-10H2,1-3H3,(H,15,19)(H,16,21). The van der Waals surface area contributed by atoms with E-state index in [2.05, 4.69) is 15.5 Å². The Labute approximate surface area is 126 Å². The number of amides is 3. The molecule has 0 aliphatic carbocycles. The fourth-order valence-electron chi connectivity index (χ4n) is 2.31. The Bertz CT molecular complexity index is 384. The molecule has 21 heavy (non-hydrogen) atoms. The average Bonchev–Trinajstić information content (AvgIpc) is 2.75. The van der Waals surface area contributed by atoms with Crippen LogP contribution < -0.4 is 10.6 Å². The molecule has 1 aliphatic rings. The van der Waals surface area contributed by atoms with Gasteiger partial charge in [0.15, 0.2) is 0 Å². The normalized spacial score (nSPS) is 18.2. The molecule has 0 bridgehead atoms. The molecular formula is C14H26N4O3. The molecule has 7 heteroatoms. The van der Waals surface area contributed by atoms with Crippen LogP contribution in [0.5, 0.6) is 0 Å². The molecule has 2 N–H and O–H groups in total. The molecule has 0 aromatic rings. The van der Waals surface area contributed by atoms with Crippen molar-refractivity contribution in [1.29, 1.82) is 0 Å². The van der Waals surface area contributed by atoms with Crippen LogP contribution >= 0.6 is 0 Å². The van der Waals surface area contributed by atoms with Gasteiger partial charge < -0.3 is 20.4 Å². The maximum absolute atomic E-state index is 12.0. The number of nitrogens with zero attached hydrogens (tertiary/aromatic N) is 2. The summed E-state index contributed by atoms with van der Waals surface area (Å²) in [6.07, 6.45) is 1.20. The van der Waals surface area contributed by atoms with Crippen LogP contribution in [0.4, 0.5) is 0 Å². The Balaban J connectivity index is 2.26. The number of carbonyl (C=O) groups is 3. The highest BCUT2D eigenvalue weighted by molar-refractivity contribution is 5.89. The predicted molar refractivity (Wildman–Crippen MR) is 79.6 cm³/mol. The quantitative estimate of drug-likeness (QED) is 0.566. The summed E-state index contributed by atoms with van der Waals surface area (Å²) >= 11 is 0. The Morgan fingerprint density at radius 2 is 1.95 bits per heavy atom. The molecule has 0 aromatic carbocycles. The van der Waals surface area contributed by atoms with E-state index in [1.54, 1.807) is 4.90 Å². The van der Waals surface area contributed by atoms with Crippen molar-refractivity contribution in [2.24, 2.45) is 5.92 Å². The van der Waals surface area contributed by atoms with E-state index in [9.17, 15) is 14.4 Å². The van der Waals surface area contributed by atoms with Crippen molar-refractivity contribution in [3.8, 4) is 0 Å². The summed E-state index contributed by atoms with van der Waals surface area (Å²) in [6, 6.07) is 0. The van der Waals surface area contributed by atoms with Crippen LogP contribution in [-0.2, 0) is 14.4 Å². The first-order chi connectivity index (χ1) is 9.90. The molecular weight excluding hydrogens is 272 g/mol. The number of nitrogens with one attached hydrogen (secondary N) is 2. The first-order valence-corrected chi connectivity index (χ1v) is 7.34. The van der Waals surface area contributed by atoms with Crippen molar-refractivity contribution < 1.29 is 14.4 Å². The fraction of sp³-hybridized carbons (Fsp3) is 0.786. The molecule has 7 nitrogen and oxygen atoms in total. The number of carbonyl (C=O) groups excluding carboxylic acids is 3. The summed E-state index contributed by atoms with van der Waals surface area (Å²) in [5.74, 6) is -0.443. The van der Waals surface area contributed by atoms with Crippen LogP contribution in [0.25, 0.3) is 0 Å². The summed E-state index contributed by atoms with van der Waals surface area (Å²) in [6.45, 7) is 4.36. The predicted octanol–water partition coefficient (Wildman–Crippen LogP) is -0.961. The lowest BCUT2D eigenvalue weighted by molar-refractivity contribution is -0.129. The Kier molecular flexibility index (Phi) is 7.14. The fourth-order valence-corrected chi connectivity index (χ4v) is 2.31. The third kappa shape index (κ3) is 6.57. The minimum Gasteiger partial charge on any atom is -0.355 e. The third-order valence-corrected chi connectivity index (χ3v) is 3.42. The summed E-state index contributed by atoms with van der Waals surface area (Å²) in [5.41, 5.74) is 0. The second-order valence-electron chi connectivity index (χ2n) is 5.67. The lowest BCUT2D eigenvalue weighted by Crippen LogP contribution is -2.38. The zero-order valence-electron chi connectivity index (χ0n) is 13.1. The zero-order chi connectivity index (χ0) is 15.8. The van der Waals surface area contributed by atoms with E-state index in [1.165, 1.54) is 6.92 Å². The van der Waals surface area contributed by atoms with Crippen LogP contribution in [0.15, 0.2) is 0 Å². The molecule has 120 valence electrons. The van der Waals surface area contributed by atoms with E-state index in [-0.39, 0.29) is 30.1 Å². The van der Waals surface area contributed by atoms with E-state index in [4.69, 9.17) is 0 Å². The van der Waals surface area contributed by atoms with Crippen LogP contribution in [0.3, 0.4) is 0 Å². The van der Waals surface area contributed by atoms with Gasteiger partial charge in [0.05, 0.1) is 5.92 Å². The summed E-state index contributed by atoms with van der Waals surface area (Å²) in [5, 5.41) is 5.37. The van der Waals surface area contributed by atoms with Crippen molar-refractivity contribution in [3.63, 3.8) is 0 Å². The molecule has 1 heterocycles. The van der Waals surface area contributed by atoms with Crippen molar-refractivity contribution in [2.45, 2.75) is 19.8 Å². The van der Waals surface area contributed by atoms with Crippen LogP contribution in [0.1, 0.15) is 19.8 Å². The smallest absolute Gasteiger partial charge is 0.225 e. The topological polar surface area (TPSA) is 81.8 Å². The van der Waals surface area contributed by atoms with Crippen LogP contribution in [0, 0.1) is 5.92 Å². The van der Waals surface area contributed by atoms with Crippen LogP contribution in [0.2, 0.25) is 0 Å². The molecule has 3 amide bonds. The van der Waals surface area contributed by atoms with Gasteiger partial charge in [-0.25, -0.2) is 0 Å². The van der Waals surface area contributed by atoms with Gasteiger partial charge in [-0.1, -0.05) is 0 Å². The van der Waals surface area contributed by atoms with Gasteiger partial charge in [-0.2, -0.15) is 0 Å². The molecule has 1 rings (SSSR count). The molecule has 0 spiro atoms. The number of likely N-dealkylation sites (tertiary alicyclic amines) is 1. The molecule has 1 unspecified atom stereocenters. The van der Waals surface area contributed by atoms with Gasteiger partial charge in [-0.15, -0.1) is 0 Å². The Morgan fingerprint density at radius 1 is 1.29 bits per heavy atom. The van der Waals surface area contributed by atoms with E-state index < -0.39 is 0 Å². The van der Waals surface area contributed by atoms with E-state index >= 15 is 0 Å². The highest BCUT2D eigenvalue weighted by atomic mass is 16.2. The average molecular weight is 298 g/mol. The molecule has 1 aliphatic heterocycles. The third-order valence-electron chi connectivity index (χ3n) is 3.42. The lowest BCUT2D eigenvalue weighted by Gasteiger charge is -2.18. The molecule has 1 fully saturated rings. The Hall–Kier alpha value is -1.63. The van der Waals surface area contributed by atoms with Gasteiger partial charge in [-0.05, 0) is 27.1 Å². The van der Waals surface area contributed by atoms with Gasteiger partial charge in [0.2, 0.25) is 17.7 Å². The molecule has 0 saturated carbocycles. The highest BCUT2D eigenvalue weighted by Crippen LogP contribution is 2.18. The molecule has 0 radical (unpaired) electrons. The summed E-state index contributed by atoms with van der Waals surface area (Å²) < 4.78 is 0. The van der Waals surface area contributed by atoms with Crippen molar-refractivity contribution in [3.05, 3.63) is 0 Å². The second kappa shape index (κ2) is 8.61. The molecule has 0 aromatic heterocycles. The molecule has 1 atom stereocenters. The maximum atomic E-state index is 12.0. The van der Waals surface area contributed by atoms with Crippen molar-refractivity contribution >= 4 is 17.7 Å². The van der Waals surface area contributed by atoms with E-state index in [0.717, 1.165) is 13.0 Å². The SMILES string of the molecule is CC(=O)NCCNC(=O)C1CC(=O)N(CCCN(C)C)C1. The lowest BCUT2D eigenvalue weighted by atomic mass is 10.1. The number of rotatable bonds is 8. The van der Waals surface area contributed by atoms with E-state index in [1.807, 2.05) is 14.1 Å². The number of hydrogen-bond acceptors (Lipinski definition) is 4. The van der Waals surface area contributed by atoms with Gasteiger partial charge in [-0.3, -0.25) is 14.4 Å². The first-order valence-electron chi connectivity index (χ1n) is 7.34. The summed E-state index contributed by atoms with van der Waals surface area (Å²) in [7, 11) is 3.99. The minimum absolute atomic E-state index is 0.0516. The number of hydrogen-bond donors (Lipinski definition) is 2. The van der Waals surface area contributed by atoms with E-state index in [0.29, 0.717) is 26.2 Å².